The van der Waals surface area contributed by atoms with E-state index in [0.29, 0.717) is 0 Å². The maximum atomic E-state index is 12.1. The van der Waals surface area contributed by atoms with Gasteiger partial charge in [0.2, 0.25) is 0 Å². The monoisotopic (exact) mass is 299 g/mol. The second kappa shape index (κ2) is 6.17. The van der Waals surface area contributed by atoms with E-state index in [0.717, 1.165) is 5.56 Å². The van der Waals surface area contributed by atoms with Gasteiger partial charge in [0.1, 0.15) is 0 Å². The molecule has 0 saturated carbocycles. The summed E-state index contributed by atoms with van der Waals surface area (Å²) in [5, 5.41) is 0. The highest BCUT2D eigenvalue weighted by Gasteiger charge is 2.29. The maximum Gasteiger partial charge on any atom is 0.446 e. The Labute approximate surface area is 116 Å². The van der Waals surface area contributed by atoms with Gasteiger partial charge >= 0.3 is 5.51 Å². The molecule has 1 aromatic rings. The zero-order valence-corrected chi connectivity index (χ0v) is 12.0. The van der Waals surface area contributed by atoms with E-state index in [1.54, 1.807) is 12.1 Å². The number of halogens is 4. The zero-order valence-electron chi connectivity index (χ0n) is 10.4. The number of nitrogens with two attached hydrogens (primary N) is 1. The molecule has 6 heteroatoms. The first-order valence-corrected chi connectivity index (χ1v) is 6.02. The van der Waals surface area contributed by atoms with E-state index >= 15 is 0 Å². The Balaban J connectivity index is 0.00000289. The van der Waals surface area contributed by atoms with E-state index in [2.05, 4.69) is 0 Å². The van der Waals surface area contributed by atoms with Crippen LogP contribution in [-0.2, 0) is 0 Å². The summed E-state index contributed by atoms with van der Waals surface area (Å²) in [7, 11) is 0. The van der Waals surface area contributed by atoms with Crippen molar-refractivity contribution in [1.82, 2.24) is 0 Å². The molecule has 2 N–H and O–H groups in total. The predicted octanol–water partition coefficient (Wildman–Crippen LogP) is 4.77. The average Bonchev–Trinajstić information content (AvgIpc) is 2.14. The van der Waals surface area contributed by atoms with Crippen molar-refractivity contribution in [3.05, 3.63) is 29.8 Å². The molecular weight excluding hydrogens is 283 g/mol. The molecule has 0 amide bonds. The molecular formula is C12H17ClF3NS. The first kappa shape index (κ1) is 17.6. The van der Waals surface area contributed by atoms with Gasteiger partial charge in [0.05, 0.1) is 0 Å². The minimum atomic E-state index is -4.24. The molecule has 1 nitrogen and oxygen atoms in total. The lowest BCUT2D eigenvalue weighted by atomic mass is 9.83. The largest absolute Gasteiger partial charge is 0.446 e. The van der Waals surface area contributed by atoms with E-state index < -0.39 is 5.51 Å². The van der Waals surface area contributed by atoms with Crippen LogP contribution in [0.2, 0.25) is 0 Å². The van der Waals surface area contributed by atoms with Crippen molar-refractivity contribution in [2.24, 2.45) is 11.1 Å². The van der Waals surface area contributed by atoms with Crippen molar-refractivity contribution in [1.29, 1.82) is 0 Å². The van der Waals surface area contributed by atoms with Crippen LogP contribution < -0.4 is 5.73 Å². The molecule has 0 radical (unpaired) electrons. The summed E-state index contributed by atoms with van der Waals surface area (Å²) in [5.74, 6) is 0. The molecule has 0 fully saturated rings. The second-order valence-electron chi connectivity index (χ2n) is 4.96. The topological polar surface area (TPSA) is 26.0 Å². The number of rotatable bonds is 2. The van der Waals surface area contributed by atoms with Crippen LogP contribution in [0.4, 0.5) is 13.2 Å². The van der Waals surface area contributed by atoms with Gasteiger partial charge in [-0.25, -0.2) is 0 Å². The van der Waals surface area contributed by atoms with Crippen molar-refractivity contribution in [2.75, 3.05) is 0 Å². The summed E-state index contributed by atoms with van der Waals surface area (Å²) in [5.41, 5.74) is 2.52. The van der Waals surface area contributed by atoms with E-state index in [-0.39, 0.29) is 40.5 Å². The van der Waals surface area contributed by atoms with Crippen molar-refractivity contribution < 1.29 is 13.2 Å². The standard InChI is InChI=1S/C12H16F3NS.ClH/c1-11(2,3)10(16)8-4-6-9(7-5-8)17-12(13,14)15;/h4-7,10H,16H2,1-3H3;1H/t10-;/m1./s1. The first-order valence-electron chi connectivity index (χ1n) is 5.21. The molecule has 1 aromatic carbocycles. The molecule has 0 unspecified atom stereocenters. The van der Waals surface area contributed by atoms with Crippen LogP contribution >= 0.6 is 24.2 Å². The lowest BCUT2D eigenvalue weighted by Crippen LogP contribution is -2.26. The smallest absolute Gasteiger partial charge is 0.324 e. The van der Waals surface area contributed by atoms with E-state index in [1.165, 1.54) is 12.1 Å². The third kappa shape index (κ3) is 5.50. The molecule has 0 aliphatic heterocycles. The lowest BCUT2D eigenvalue weighted by Gasteiger charge is -2.27. The summed E-state index contributed by atoms with van der Waals surface area (Å²) < 4.78 is 36.4. The van der Waals surface area contributed by atoms with Gasteiger partial charge in [0.15, 0.2) is 0 Å². The number of hydrogen-bond acceptors (Lipinski definition) is 2. The van der Waals surface area contributed by atoms with E-state index in [9.17, 15) is 13.2 Å². The van der Waals surface area contributed by atoms with Gasteiger partial charge in [0, 0.05) is 10.9 Å². The Morgan fingerprint density at radius 2 is 1.50 bits per heavy atom. The summed E-state index contributed by atoms with van der Waals surface area (Å²) in [6, 6.07) is 6.04. The van der Waals surface area contributed by atoms with Crippen LogP contribution in [0.3, 0.4) is 0 Å². The van der Waals surface area contributed by atoms with Crippen molar-refractivity contribution in [3.63, 3.8) is 0 Å². The fourth-order valence-electron chi connectivity index (χ4n) is 1.38. The summed E-state index contributed by atoms with van der Waals surface area (Å²) in [6.07, 6.45) is 0. The Hall–Kier alpha value is -0.390. The molecule has 104 valence electrons. The highest BCUT2D eigenvalue weighted by molar-refractivity contribution is 8.00. The van der Waals surface area contributed by atoms with Crippen LogP contribution in [0.25, 0.3) is 0 Å². The second-order valence-corrected chi connectivity index (χ2v) is 6.10. The molecule has 18 heavy (non-hydrogen) atoms. The normalized spacial score (nSPS) is 13.9. The van der Waals surface area contributed by atoms with Crippen LogP contribution in [0, 0.1) is 5.41 Å². The van der Waals surface area contributed by atoms with Crippen molar-refractivity contribution in [3.8, 4) is 0 Å². The van der Waals surface area contributed by atoms with Crippen LogP contribution in [0.5, 0.6) is 0 Å². The summed E-state index contributed by atoms with van der Waals surface area (Å²) in [6.45, 7) is 5.99. The Bertz CT molecular complexity index is 370. The zero-order chi connectivity index (χ0) is 13.3. The van der Waals surface area contributed by atoms with Gasteiger partial charge in [-0.1, -0.05) is 32.9 Å². The van der Waals surface area contributed by atoms with E-state index in [4.69, 9.17) is 5.73 Å². The van der Waals surface area contributed by atoms with Gasteiger partial charge in [-0.05, 0) is 34.9 Å². The predicted molar refractivity (Wildman–Crippen MR) is 72.0 cm³/mol. The third-order valence-electron chi connectivity index (χ3n) is 2.41. The molecule has 0 aromatic heterocycles. The molecule has 0 aliphatic carbocycles. The molecule has 0 saturated heterocycles. The molecule has 0 heterocycles. The van der Waals surface area contributed by atoms with Gasteiger partial charge in [-0.3, -0.25) is 0 Å². The van der Waals surface area contributed by atoms with Crippen molar-refractivity contribution >= 4 is 24.2 Å². The number of hydrogen-bond donors (Lipinski definition) is 1. The first-order chi connectivity index (χ1) is 7.59. The van der Waals surface area contributed by atoms with E-state index in [1.807, 2.05) is 20.8 Å². The highest BCUT2D eigenvalue weighted by atomic mass is 35.5. The number of alkyl halides is 3. The fourth-order valence-corrected chi connectivity index (χ4v) is 1.92. The van der Waals surface area contributed by atoms with Gasteiger partial charge in [-0.2, -0.15) is 13.2 Å². The minimum Gasteiger partial charge on any atom is -0.324 e. The van der Waals surface area contributed by atoms with Crippen LogP contribution in [-0.4, -0.2) is 5.51 Å². The van der Waals surface area contributed by atoms with Gasteiger partial charge < -0.3 is 5.73 Å². The third-order valence-corrected chi connectivity index (χ3v) is 3.15. The quantitative estimate of drug-likeness (QED) is 0.796. The highest BCUT2D eigenvalue weighted by Crippen LogP contribution is 2.38. The van der Waals surface area contributed by atoms with Crippen molar-refractivity contribution in [2.45, 2.75) is 37.2 Å². The number of benzene rings is 1. The van der Waals surface area contributed by atoms with Gasteiger partial charge in [-0.15, -0.1) is 12.4 Å². The summed E-state index contributed by atoms with van der Waals surface area (Å²) >= 11 is -0.112. The van der Waals surface area contributed by atoms with Crippen LogP contribution in [0.15, 0.2) is 29.2 Å². The maximum absolute atomic E-state index is 12.1. The summed E-state index contributed by atoms with van der Waals surface area (Å²) in [4.78, 5) is 0.183. The van der Waals surface area contributed by atoms with Crippen LogP contribution in [0.1, 0.15) is 32.4 Å². The molecule has 1 rings (SSSR count). The lowest BCUT2D eigenvalue weighted by molar-refractivity contribution is -0.0328. The Morgan fingerprint density at radius 3 is 1.83 bits per heavy atom. The van der Waals surface area contributed by atoms with Gasteiger partial charge in [0.25, 0.3) is 0 Å². The molecule has 0 aliphatic rings. The fraction of sp³-hybridized carbons (Fsp3) is 0.500. The Kier molecular flexibility index (Phi) is 6.04. The Morgan fingerprint density at radius 1 is 1.06 bits per heavy atom. The molecule has 0 spiro atoms. The SMILES string of the molecule is CC(C)(C)[C@H](N)c1ccc(SC(F)(F)F)cc1.Cl. The number of thioether (sulfide) groups is 1. The minimum absolute atomic E-state index is 0. The molecule has 0 bridgehead atoms. The average molecular weight is 300 g/mol. The molecule has 1 atom stereocenters.